The van der Waals surface area contributed by atoms with E-state index in [1.165, 1.54) is 20.3 Å². The fraction of sp³-hybridized carbons (Fsp3) is 0.136. The number of aromatic hydroxyl groups is 2. The highest BCUT2D eigenvalue weighted by Gasteiger charge is 2.58. The molecule has 0 radical (unpaired) electrons. The molecular formula is C22H14O7. The third-order valence-corrected chi connectivity index (χ3v) is 5.85. The maximum Gasteiger partial charge on any atom is 0.340 e. The lowest BCUT2D eigenvalue weighted by Crippen LogP contribution is -2.33. The van der Waals surface area contributed by atoms with Gasteiger partial charge in [-0.25, -0.2) is 4.79 Å². The van der Waals surface area contributed by atoms with Gasteiger partial charge >= 0.3 is 5.97 Å². The molecule has 3 aromatic carbocycles. The number of carbonyl (C=O) groups excluding carboxylic acids is 1. The van der Waals surface area contributed by atoms with Gasteiger partial charge in [0.25, 0.3) is 0 Å². The van der Waals surface area contributed by atoms with Gasteiger partial charge in [0, 0.05) is 17.2 Å². The van der Waals surface area contributed by atoms with Crippen LogP contribution in [0.5, 0.6) is 34.5 Å². The molecular weight excluding hydrogens is 376 g/mol. The number of phenolic OH excluding ortho intramolecular Hbond substituents is 2. The van der Waals surface area contributed by atoms with E-state index in [2.05, 4.69) is 0 Å². The van der Waals surface area contributed by atoms with Crippen molar-refractivity contribution >= 4 is 5.97 Å². The van der Waals surface area contributed by atoms with Gasteiger partial charge in [0.2, 0.25) is 0 Å². The highest BCUT2D eigenvalue weighted by Crippen LogP contribution is 2.65. The van der Waals surface area contributed by atoms with E-state index in [0.29, 0.717) is 44.9 Å². The molecule has 0 fully saturated rings. The van der Waals surface area contributed by atoms with Gasteiger partial charge < -0.3 is 29.2 Å². The molecule has 7 bridgehead atoms. The molecule has 0 aromatic heterocycles. The first-order chi connectivity index (χ1) is 14.0. The van der Waals surface area contributed by atoms with E-state index in [4.69, 9.17) is 18.9 Å². The maximum absolute atomic E-state index is 13.0. The number of esters is 1. The second-order valence-corrected chi connectivity index (χ2v) is 7.10. The Morgan fingerprint density at radius 3 is 2.45 bits per heavy atom. The standard InChI is InChI=1S/C22H14O7/c1-26-15-6-11-14(8-13(15)23)28-20-12-7-16(27-2)19(24)18(20)9-4-3-5-10-17(9)21(25)29-22(10,11)12/h3-8,23-24H,1-2H3. The highest BCUT2D eigenvalue weighted by atomic mass is 16.6. The topological polar surface area (TPSA) is 94.5 Å². The Labute approximate surface area is 164 Å². The van der Waals surface area contributed by atoms with Crippen molar-refractivity contribution in [3.63, 3.8) is 0 Å². The summed E-state index contributed by atoms with van der Waals surface area (Å²) in [7, 11) is 2.90. The van der Waals surface area contributed by atoms with Crippen molar-refractivity contribution < 1.29 is 34.0 Å². The number of methoxy groups -OCH3 is 2. The molecule has 3 aliphatic rings. The van der Waals surface area contributed by atoms with Crippen molar-refractivity contribution in [2.75, 3.05) is 14.2 Å². The van der Waals surface area contributed by atoms with Gasteiger partial charge in [0.1, 0.15) is 11.5 Å². The number of phenols is 2. The van der Waals surface area contributed by atoms with Gasteiger partial charge in [-0.2, -0.15) is 0 Å². The Morgan fingerprint density at radius 2 is 1.69 bits per heavy atom. The molecule has 7 heteroatoms. The summed E-state index contributed by atoms with van der Waals surface area (Å²) in [5.41, 5.74) is 1.62. The van der Waals surface area contributed by atoms with E-state index in [1.54, 1.807) is 24.3 Å². The van der Waals surface area contributed by atoms with Crippen LogP contribution in [0.15, 0.2) is 36.4 Å². The molecule has 0 amide bonds. The summed E-state index contributed by atoms with van der Waals surface area (Å²) >= 11 is 0. The monoisotopic (exact) mass is 390 g/mol. The smallest absolute Gasteiger partial charge is 0.340 e. The van der Waals surface area contributed by atoms with Crippen LogP contribution in [0.2, 0.25) is 0 Å². The zero-order valence-electron chi connectivity index (χ0n) is 15.4. The van der Waals surface area contributed by atoms with Crippen molar-refractivity contribution in [2.45, 2.75) is 5.60 Å². The number of ether oxygens (including phenoxy) is 4. The minimum atomic E-state index is -1.31. The van der Waals surface area contributed by atoms with Crippen molar-refractivity contribution in [3.8, 4) is 45.6 Å². The molecule has 1 atom stereocenters. The van der Waals surface area contributed by atoms with Crippen LogP contribution in [-0.4, -0.2) is 30.4 Å². The fourth-order valence-electron chi connectivity index (χ4n) is 4.65. The predicted molar refractivity (Wildman–Crippen MR) is 100 cm³/mol. The lowest BCUT2D eigenvalue weighted by molar-refractivity contribution is 0.0221. The van der Waals surface area contributed by atoms with Crippen molar-refractivity contribution in [1.29, 1.82) is 0 Å². The number of hydrogen-bond donors (Lipinski definition) is 2. The number of rotatable bonds is 2. The van der Waals surface area contributed by atoms with Gasteiger partial charge in [-0.1, -0.05) is 18.2 Å². The first-order valence-corrected chi connectivity index (χ1v) is 8.92. The van der Waals surface area contributed by atoms with Gasteiger partial charge in [-0.3, -0.25) is 0 Å². The summed E-state index contributed by atoms with van der Waals surface area (Å²) < 4.78 is 22.8. The summed E-state index contributed by atoms with van der Waals surface area (Å²) in [6.45, 7) is 0. The van der Waals surface area contributed by atoms with Crippen molar-refractivity contribution in [1.82, 2.24) is 0 Å². The van der Waals surface area contributed by atoms with Gasteiger partial charge in [-0.15, -0.1) is 0 Å². The molecule has 0 saturated carbocycles. The molecule has 1 unspecified atom stereocenters. The van der Waals surface area contributed by atoms with Crippen LogP contribution in [-0.2, 0) is 10.3 Å². The average Bonchev–Trinajstić information content (AvgIpc) is 3.00. The molecule has 1 spiro atoms. The lowest BCUT2D eigenvalue weighted by Gasteiger charge is -2.37. The Morgan fingerprint density at radius 1 is 0.931 bits per heavy atom. The zero-order valence-corrected chi connectivity index (χ0v) is 15.4. The molecule has 7 nitrogen and oxygen atoms in total. The van der Waals surface area contributed by atoms with Crippen LogP contribution >= 0.6 is 0 Å². The van der Waals surface area contributed by atoms with Crippen LogP contribution in [0.25, 0.3) is 11.1 Å². The van der Waals surface area contributed by atoms with Crippen LogP contribution in [0.3, 0.4) is 0 Å². The van der Waals surface area contributed by atoms with Gasteiger partial charge in [-0.05, 0) is 12.1 Å². The van der Waals surface area contributed by atoms with Crippen LogP contribution in [0, 0.1) is 0 Å². The fourth-order valence-corrected chi connectivity index (χ4v) is 4.65. The molecule has 2 N–H and O–H groups in total. The largest absolute Gasteiger partial charge is 0.504 e. The molecule has 0 saturated heterocycles. The van der Waals surface area contributed by atoms with Crippen LogP contribution in [0.1, 0.15) is 27.0 Å². The first-order valence-electron chi connectivity index (χ1n) is 8.92. The number of carbonyl (C=O) groups is 1. The normalized spacial score (nSPS) is 19.0. The predicted octanol–water partition coefficient (Wildman–Crippen LogP) is 3.66. The van der Waals surface area contributed by atoms with Crippen LogP contribution in [0.4, 0.5) is 0 Å². The Hall–Kier alpha value is -3.87. The molecule has 144 valence electrons. The first kappa shape index (κ1) is 16.1. The van der Waals surface area contributed by atoms with E-state index in [9.17, 15) is 15.0 Å². The third kappa shape index (κ3) is 1.63. The number of hydrogen-bond acceptors (Lipinski definition) is 7. The summed E-state index contributed by atoms with van der Waals surface area (Å²) in [6.07, 6.45) is 0. The maximum atomic E-state index is 13.0. The summed E-state index contributed by atoms with van der Waals surface area (Å²) in [6, 6.07) is 10.0. The van der Waals surface area contributed by atoms with Crippen LogP contribution < -0.4 is 14.2 Å². The van der Waals surface area contributed by atoms with Gasteiger partial charge in [0.05, 0.1) is 36.5 Å². The Bertz CT molecular complexity index is 1280. The zero-order chi connectivity index (χ0) is 20.1. The van der Waals surface area contributed by atoms with Gasteiger partial charge in [0.15, 0.2) is 28.6 Å². The molecule has 1 aliphatic carbocycles. The summed E-state index contributed by atoms with van der Waals surface area (Å²) in [5.74, 6) is 0.399. The molecule has 3 aromatic rings. The molecule has 2 heterocycles. The second-order valence-electron chi connectivity index (χ2n) is 7.10. The minimum Gasteiger partial charge on any atom is -0.504 e. The summed E-state index contributed by atoms with van der Waals surface area (Å²) in [4.78, 5) is 13.0. The Balaban J connectivity index is 1.86. The van der Waals surface area contributed by atoms with E-state index >= 15 is 0 Å². The number of fused-ring (bicyclic) bond motifs is 2. The average molecular weight is 390 g/mol. The Kier molecular flexibility index (Phi) is 2.74. The van der Waals surface area contributed by atoms with E-state index in [1.807, 2.05) is 6.07 Å². The van der Waals surface area contributed by atoms with Crippen molar-refractivity contribution in [3.05, 3.63) is 58.7 Å². The molecule has 29 heavy (non-hydrogen) atoms. The van der Waals surface area contributed by atoms with E-state index in [0.717, 1.165) is 0 Å². The molecule has 2 aliphatic heterocycles. The number of benzene rings is 3. The van der Waals surface area contributed by atoms with E-state index in [-0.39, 0.29) is 23.0 Å². The minimum absolute atomic E-state index is 0.111. The quantitative estimate of drug-likeness (QED) is 0.645. The van der Waals surface area contributed by atoms with Crippen molar-refractivity contribution in [2.24, 2.45) is 0 Å². The third-order valence-electron chi connectivity index (χ3n) is 5.85. The SMILES string of the molecule is COc1cc2c(cc1O)Oc1c3cc(OC)c(O)c1-c1cccc4c1C(=O)OC234. The highest BCUT2D eigenvalue weighted by molar-refractivity contribution is 6.07. The summed E-state index contributed by atoms with van der Waals surface area (Å²) in [5, 5.41) is 21.2. The second kappa shape index (κ2) is 4.94. The van der Waals surface area contributed by atoms with E-state index < -0.39 is 11.6 Å². The molecule has 6 rings (SSSR count). The lowest BCUT2D eigenvalue weighted by atomic mass is 9.78.